The first kappa shape index (κ1) is 17.6. The van der Waals surface area contributed by atoms with Crippen molar-refractivity contribution in [2.24, 2.45) is 0 Å². The van der Waals surface area contributed by atoms with Crippen molar-refractivity contribution in [2.75, 3.05) is 6.79 Å². The van der Waals surface area contributed by atoms with E-state index < -0.39 is 0 Å². The summed E-state index contributed by atoms with van der Waals surface area (Å²) in [4.78, 5) is 12.7. The third-order valence-corrected chi connectivity index (χ3v) is 5.06. The second-order valence-electron chi connectivity index (χ2n) is 6.59. The molecule has 6 heteroatoms. The molecule has 0 saturated heterocycles. The van der Waals surface area contributed by atoms with Crippen LogP contribution < -0.4 is 18.9 Å². The molecule has 0 radical (unpaired) electrons. The fourth-order valence-electron chi connectivity index (χ4n) is 3.19. The van der Waals surface area contributed by atoms with Crippen LogP contribution in [-0.2, 0) is 6.61 Å². The lowest BCUT2D eigenvalue weighted by atomic mass is 10.1. The summed E-state index contributed by atoms with van der Waals surface area (Å²) in [6, 6.07) is 18.1. The lowest BCUT2D eigenvalue weighted by molar-refractivity contribution is 0.101. The largest absolute Gasteiger partial charge is 0.489 e. The van der Waals surface area contributed by atoms with Crippen LogP contribution in [0.2, 0.25) is 5.02 Å². The quantitative estimate of drug-likeness (QED) is 0.553. The summed E-state index contributed by atoms with van der Waals surface area (Å²) in [6.45, 7) is 0.527. The number of Topliss-reactive ketones (excluding diaryl/α,β-unsaturated/α-hetero) is 1. The number of hydrogen-bond donors (Lipinski definition) is 0. The van der Waals surface area contributed by atoms with Gasteiger partial charge < -0.3 is 18.9 Å². The van der Waals surface area contributed by atoms with Crippen molar-refractivity contribution >= 4 is 23.5 Å². The number of carbonyl (C=O) groups is 1. The molecule has 0 bridgehead atoms. The van der Waals surface area contributed by atoms with Crippen LogP contribution in [0.5, 0.6) is 23.0 Å². The van der Waals surface area contributed by atoms with Crippen LogP contribution >= 0.6 is 11.6 Å². The Labute approximate surface area is 172 Å². The van der Waals surface area contributed by atoms with Gasteiger partial charge in [0.15, 0.2) is 17.3 Å². The first-order chi connectivity index (χ1) is 14.2. The molecule has 0 N–H and O–H groups in total. The lowest BCUT2D eigenvalue weighted by Crippen LogP contribution is -1.98. The lowest BCUT2D eigenvalue weighted by Gasteiger charge is -2.08. The van der Waals surface area contributed by atoms with E-state index in [4.69, 9.17) is 30.5 Å². The van der Waals surface area contributed by atoms with Gasteiger partial charge in [0.05, 0.1) is 5.56 Å². The van der Waals surface area contributed by atoms with Gasteiger partial charge in [-0.1, -0.05) is 35.9 Å². The molecule has 0 fully saturated rings. The number of carbonyl (C=O) groups excluding carboxylic acids is 1. The number of benzene rings is 3. The number of fused-ring (bicyclic) bond motifs is 2. The van der Waals surface area contributed by atoms with Crippen molar-refractivity contribution in [3.8, 4) is 23.0 Å². The summed E-state index contributed by atoms with van der Waals surface area (Å²) >= 11 is 6.16. The van der Waals surface area contributed by atoms with Gasteiger partial charge in [0.25, 0.3) is 0 Å². The molecular formula is C23H15ClO5. The minimum absolute atomic E-state index is 0.171. The maximum Gasteiger partial charge on any atom is 0.231 e. The molecule has 29 heavy (non-hydrogen) atoms. The Morgan fingerprint density at radius 1 is 0.966 bits per heavy atom. The SMILES string of the molecule is O=C1/C(=C/c2ccc3c(c2)OCO3)Oc2cc(OCc3ccccc3Cl)ccc21. The number of ketones is 1. The van der Waals surface area contributed by atoms with Gasteiger partial charge in [0.2, 0.25) is 12.6 Å². The van der Waals surface area contributed by atoms with Gasteiger partial charge in [0, 0.05) is 16.7 Å². The smallest absolute Gasteiger partial charge is 0.231 e. The van der Waals surface area contributed by atoms with Crippen LogP contribution in [0.4, 0.5) is 0 Å². The average molecular weight is 407 g/mol. The van der Waals surface area contributed by atoms with Crippen molar-refractivity contribution in [2.45, 2.75) is 6.61 Å². The minimum atomic E-state index is -0.171. The molecular weight excluding hydrogens is 392 g/mol. The van der Waals surface area contributed by atoms with E-state index in [0.29, 0.717) is 40.2 Å². The zero-order valence-corrected chi connectivity index (χ0v) is 15.9. The topological polar surface area (TPSA) is 54.0 Å². The highest BCUT2D eigenvalue weighted by Crippen LogP contribution is 2.37. The molecule has 0 atom stereocenters. The first-order valence-corrected chi connectivity index (χ1v) is 9.39. The molecule has 0 aromatic heterocycles. The molecule has 5 nitrogen and oxygen atoms in total. The summed E-state index contributed by atoms with van der Waals surface area (Å²) in [5, 5.41) is 0.647. The van der Waals surface area contributed by atoms with Crippen LogP contribution in [0, 0.1) is 0 Å². The predicted octanol–water partition coefficient (Wildman–Crippen LogP) is 5.26. The van der Waals surface area contributed by atoms with Crippen LogP contribution in [0.15, 0.2) is 66.4 Å². The Bertz CT molecular complexity index is 1150. The monoisotopic (exact) mass is 406 g/mol. The van der Waals surface area contributed by atoms with E-state index in [0.717, 1.165) is 11.1 Å². The Morgan fingerprint density at radius 2 is 1.83 bits per heavy atom. The summed E-state index contributed by atoms with van der Waals surface area (Å²) in [7, 11) is 0. The van der Waals surface area contributed by atoms with Gasteiger partial charge in [-0.3, -0.25) is 4.79 Å². The van der Waals surface area contributed by atoms with Gasteiger partial charge >= 0.3 is 0 Å². The highest BCUT2D eigenvalue weighted by Gasteiger charge is 2.28. The van der Waals surface area contributed by atoms with Gasteiger partial charge in [-0.25, -0.2) is 0 Å². The predicted molar refractivity (Wildman–Crippen MR) is 108 cm³/mol. The molecule has 0 amide bonds. The Balaban J connectivity index is 1.35. The number of rotatable bonds is 4. The minimum Gasteiger partial charge on any atom is -0.489 e. The average Bonchev–Trinajstić information content (AvgIpc) is 3.31. The molecule has 3 aromatic carbocycles. The third kappa shape index (κ3) is 3.41. The third-order valence-electron chi connectivity index (χ3n) is 4.69. The van der Waals surface area contributed by atoms with E-state index in [9.17, 15) is 4.79 Å². The van der Waals surface area contributed by atoms with Crippen molar-refractivity contribution in [3.63, 3.8) is 0 Å². The Hall–Kier alpha value is -3.44. The Morgan fingerprint density at radius 3 is 2.72 bits per heavy atom. The van der Waals surface area contributed by atoms with Gasteiger partial charge in [-0.2, -0.15) is 0 Å². The van der Waals surface area contributed by atoms with Crippen LogP contribution in [0.1, 0.15) is 21.5 Å². The fraction of sp³-hybridized carbons (Fsp3) is 0.0870. The molecule has 3 aromatic rings. The first-order valence-electron chi connectivity index (χ1n) is 9.01. The second-order valence-corrected chi connectivity index (χ2v) is 7.00. The highest BCUT2D eigenvalue weighted by molar-refractivity contribution is 6.31. The van der Waals surface area contributed by atoms with Gasteiger partial charge in [-0.05, 0) is 42.0 Å². The fourth-order valence-corrected chi connectivity index (χ4v) is 3.38. The summed E-state index contributed by atoms with van der Waals surface area (Å²) in [6.07, 6.45) is 1.69. The molecule has 0 unspecified atom stereocenters. The second kappa shape index (κ2) is 7.18. The maximum absolute atomic E-state index is 12.7. The summed E-state index contributed by atoms with van der Waals surface area (Å²) in [5.41, 5.74) is 2.18. The maximum atomic E-state index is 12.7. The van der Waals surface area contributed by atoms with E-state index in [1.54, 1.807) is 24.3 Å². The normalized spacial score (nSPS) is 15.3. The van der Waals surface area contributed by atoms with E-state index in [-0.39, 0.29) is 18.3 Å². The van der Waals surface area contributed by atoms with Crippen molar-refractivity contribution < 1.29 is 23.7 Å². The molecule has 0 spiro atoms. The van der Waals surface area contributed by atoms with Crippen LogP contribution in [0.3, 0.4) is 0 Å². The van der Waals surface area contributed by atoms with Crippen molar-refractivity contribution in [1.29, 1.82) is 0 Å². The molecule has 5 rings (SSSR count). The highest BCUT2D eigenvalue weighted by atomic mass is 35.5. The standard InChI is InChI=1S/C23H15ClO5/c24-18-4-2-1-3-15(18)12-26-16-6-7-17-20(11-16)29-22(23(17)25)10-14-5-8-19-21(9-14)28-13-27-19/h1-11H,12-13H2/b22-10-. The number of allylic oxidation sites excluding steroid dienone is 1. The zero-order valence-electron chi connectivity index (χ0n) is 15.2. The Kier molecular flexibility index (Phi) is 4.37. The summed E-state index contributed by atoms with van der Waals surface area (Å²) < 4.78 is 22.3. The molecule has 2 aliphatic heterocycles. The zero-order chi connectivity index (χ0) is 19.8. The van der Waals surface area contributed by atoms with Crippen LogP contribution in [0.25, 0.3) is 6.08 Å². The summed E-state index contributed by atoms with van der Waals surface area (Å²) in [5.74, 6) is 2.49. The molecule has 0 saturated carbocycles. The number of ether oxygens (including phenoxy) is 4. The van der Waals surface area contributed by atoms with E-state index in [1.807, 2.05) is 42.5 Å². The van der Waals surface area contributed by atoms with Gasteiger partial charge in [-0.15, -0.1) is 0 Å². The number of hydrogen-bond acceptors (Lipinski definition) is 5. The van der Waals surface area contributed by atoms with E-state index in [1.165, 1.54) is 0 Å². The number of halogens is 1. The molecule has 2 heterocycles. The molecule has 2 aliphatic rings. The van der Waals surface area contributed by atoms with E-state index in [2.05, 4.69) is 0 Å². The van der Waals surface area contributed by atoms with Gasteiger partial charge in [0.1, 0.15) is 18.1 Å². The van der Waals surface area contributed by atoms with E-state index >= 15 is 0 Å². The van der Waals surface area contributed by atoms with Crippen molar-refractivity contribution in [1.82, 2.24) is 0 Å². The van der Waals surface area contributed by atoms with Crippen molar-refractivity contribution in [3.05, 3.63) is 88.1 Å². The molecule has 0 aliphatic carbocycles. The molecule has 144 valence electrons. The van der Waals surface area contributed by atoms with Crippen LogP contribution in [-0.4, -0.2) is 12.6 Å².